The lowest BCUT2D eigenvalue weighted by atomic mass is 9.87. The maximum absolute atomic E-state index is 12.6. The number of nitrogens with one attached hydrogen (secondary N) is 1. The van der Waals surface area contributed by atoms with E-state index in [9.17, 15) is 9.59 Å². The van der Waals surface area contributed by atoms with Gasteiger partial charge in [0.15, 0.2) is 0 Å². The molecule has 0 fully saturated rings. The highest BCUT2D eigenvalue weighted by Gasteiger charge is 2.36. The summed E-state index contributed by atoms with van der Waals surface area (Å²) in [5.74, 6) is -0.599. The molecule has 3 rings (SSSR count). The van der Waals surface area contributed by atoms with Crippen LogP contribution in [0.2, 0.25) is 0 Å². The average molecular weight is 348 g/mol. The Morgan fingerprint density at radius 3 is 1.96 bits per heavy atom. The van der Waals surface area contributed by atoms with E-state index in [-0.39, 0.29) is 17.2 Å². The molecule has 0 atom stereocenters. The second kappa shape index (κ2) is 6.45. The molecule has 0 unspecified atom stereocenters. The van der Waals surface area contributed by atoms with Gasteiger partial charge in [-0.2, -0.15) is 0 Å². The summed E-state index contributed by atoms with van der Waals surface area (Å²) in [5.41, 5.74) is 4.64. The van der Waals surface area contributed by atoms with Crippen molar-refractivity contribution in [3.8, 4) is 0 Å². The van der Waals surface area contributed by atoms with Crippen molar-refractivity contribution in [3.05, 3.63) is 70.9 Å². The molecule has 4 nitrogen and oxygen atoms in total. The molecule has 2 aromatic carbocycles. The standard InChI is InChI=1S/C22H24N2O2/c1-14-6-8-15(9-7-14)18-19(21(26)24(5)20(18)25)23-17-12-10-16(11-13-17)22(2,3)4/h6-13,23H,1-5H3. The number of imide groups is 1. The molecule has 0 aromatic heterocycles. The Labute approximate surface area is 154 Å². The molecule has 0 aliphatic carbocycles. The summed E-state index contributed by atoms with van der Waals surface area (Å²) in [6.07, 6.45) is 0. The number of hydrogen-bond donors (Lipinski definition) is 1. The molecule has 0 radical (unpaired) electrons. The third kappa shape index (κ3) is 3.27. The quantitative estimate of drug-likeness (QED) is 0.849. The van der Waals surface area contributed by atoms with E-state index in [1.54, 1.807) is 0 Å². The van der Waals surface area contributed by atoms with E-state index in [2.05, 4.69) is 26.1 Å². The maximum atomic E-state index is 12.6. The van der Waals surface area contributed by atoms with Crippen molar-refractivity contribution >= 4 is 23.1 Å². The van der Waals surface area contributed by atoms with Crippen molar-refractivity contribution in [2.45, 2.75) is 33.1 Å². The van der Waals surface area contributed by atoms with Gasteiger partial charge in [-0.15, -0.1) is 0 Å². The van der Waals surface area contributed by atoms with Crippen molar-refractivity contribution in [2.24, 2.45) is 0 Å². The Hall–Kier alpha value is -2.88. The fourth-order valence-corrected chi connectivity index (χ4v) is 2.94. The molecule has 0 saturated heterocycles. The smallest absolute Gasteiger partial charge is 0.277 e. The molecule has 26 heavy (non-hydrogen) atoms. The molecule has 2 aromatic rings. The van der Waals surface area contributed by atoms with E-state index in [0.717, 1.165) is 21.7 Å². The van der Waals surface area contributed by atoms with Crippen molar-refractivity contribution in [3.63, 3.8) is 0 Å². The number of hydrogen-bond acceptors (Lipinski definition) is 3. The van der Waals surface area contributed by atoms with Gasteiger partial charge in [0.2, 0.25) is 0 Å². The summed E-state index contributed by atoms with van der Waals surface area (Å²) in [6.45, 7) is 8.45. The van der Waals surface area contributed by atoms with E-state index < -0.39 is 0 Å². The van der Waals surface area contributed by atoms with Crippen LogP contribution in [-0.2, 0) is 15.0 Å². The molecular formula is C22H24N2O2. The largest absolute Gasteiger partial charge is 0.350 e. The normalized spacial score (nSPS) is 15.0. The van der Waals surface area contributed by atoms with E-state index in [4.69, 9.17) is 0 Å². The monoisotopic (exact) mass is 348 g/mol. The molecule has 0 saturated carbocycles. The minimum atomic E-state index is -0.314. The first-order valence-corrected chi connectivity index (χ1v) is 8.70. The van der Waals surface area contributed by atoms with E-state index in [1.807, 2.05) is 55.5 Å². The molecular weight excluding hydrogens is 324 g/mol. The number of carbonyl (C=O) groups is 2. The predicted molar refractivity (Wildman–Crippen MR) is 105 cm³/mol. The molecule has 0 spiro atoms. The lowest BCUT2D eigenvalue weighted by Crippen LogP contribution is -2.27. The number of aryl methyl sites for hydroxylation is 1. The van der Waals surface area contributed by atoms with Gasteiger partial charge in [-0.3, -0.25) is 14.5 Å². The Bertz CT molecular complexity index is 885. The number of carbonyl (C=O) groups excluding carboxylic acids is 2. The fraction of sp³-hybridized carbons (Fsp3) is 0.273. The van der Waals surface area contributed by atoms with Crippen LogP contribution in [0.1, 0.15) is 37.5 Å². The molecule has 4 heteroatoms. The van der Waals surface area contributed by atoms with Crippen molar-refractivity contribution in [2.75, 3.05) is 12.4 Å². The molecule has 1 aliphatic rings. The first-order valence-electron chi connectivity index (χ1n) is 8.70. The van der Waals surface area contributed by atoms with Crippen LogP contribution in [0.25, 0.3) is 5.57 Å². The van der Waals surface area contributed by atoms with Gasteiger partial charge in [-0.1, -0.05) is 62.7 Å². The van der Waals surface area contributed by atoms with Gasteiger partial charge >= 0.3 is 0 Å². The molecule has 1 aliphatic heterocycles. The summed E-state index contributed by atoms with van der Waals surface area (Å²) >= 11 is 0. The lowest BCUT2D eigenvalue weighted by molar-refractivity contribution is -0.135. The molecule has 0 bridgehead atoms. The number of rotatable bonds is 3. The van der Waals surface area contributed by atoms with Gasteiger partial charge in [0.1, 0.15) is 5.70 Å². The highest BCUT2D eigenvalue weighted by Crippen LogP contribution is 2.30. The average Bonchev–Trinajstić information content (AvgIpc) is 2.80. The maximum Gasteiger partial charge on any atom is 0.277 e. The van der Waals surface area contributed by atoms with E-state index in [0.29, 0.717) is 11.3 Å². The topological polar surface area (TPSA) is 49.4 Å². The van der Waals surface area contributed by atoms with Gasteiger partial charge in [0.25, 0.3) is 11.8 Å². The van der Waals surface area contributed by atoms with Crippen LogP contribution in [0, 0.1) is 6.92 Å². The summed E-state index contributed by atoms with van der Waals surface area (Å²) in [6, 6.07) is 15.6. The Balaban J connectivity index is 2.00. The number of amides is 2. The number of benzene rings is 2. The van der Waals surface area contributed by atoms with Crippen molar-refractivity contribution < 1.29 is 9.59 Å². The van der Waals surface area contributed by atoms with E-state index in [1.165, 1.54) is 12.6 Å². The summed E-state index contributed by atoms with van der Waals surface area (Å²) in [5, 5.41) is 3.16. The van der Waals surface area contributed by atoms with Gasteiger partial charge in [-0.05, 0) is 35.6 Å². The number of anilines is 1. The molecule has 2 amide bonds. The zero-order valence-electron chi connectivity index (χ0n) is 15.9. The summed E-state index contributed by atoms with van der Waals surface area (Å²) in [7, 11) is 1.51. The van der Waals surface area contributed by atoms with Gasteiger partial charge in [0, 0.05) is 12.7 Å². The van der Waals surface area contributed by atoms with E-state index >= 15 is 0 Å². The molecule has 1 N–H and O–H groups in total. The van der Waals surface area contributed by atoms with Gasteiger partial charge in [0.05, 0.1) is 5.57 Å². The Morgan fingerprint density at radius 1 is 0.846 bits per heavy atom. The second-order valence-corrected chi connectivity index (χ2v) is 7.74. The predicted octanol–water partition coefficient (Wildman–Crippen LogP) is 4.11. The summed E-state index contributed by atoms with van der Waals surface area (Å²) in [4.78, 5) is 26.3. The number of nitrogens with zero attached hydrogens (tertiary/aromatic N) is 1. The zero-order valence-corrected chi connectivity index (χ0v) is 15.9. The Kier molecular flexibility index (Phi) is 4.45. The summed E-state index contributed by atoms with van der Waals surface area (Å²) < 4.78 is 0. The first kappa shape index (κ1) is 17.9. The Morgan fingerprint density at radius 2 is 1.42 bits per heavy atom. The number of likely N-dealkylation sites (N-methyl/N-ethyl adjacent to an activating group) is 1. The SMILES string of the molecule is Cc1ccc(C2=C(Nc3ccc(C(C)(C)C)cc3)C(=O)N(C)C2=O)cc1. The van der Waals surface area contributed by atoms with Crippen LogP contribution < -0.4 is 5.32 Å². The lowest BCUT2D eigenvalue weighted by Gasteiger charge is -2.19. The van der Waals surface area contributed by atoms with Crippen molar-refractivity contribution in [1.82, 2.24) is 4.90 Å². The van der Waals surface area contributed by atoms with Crippen LogP contribution in [0.15, 0.2) is 54.2 Å². The van der Waals surface area contributed by atoms with Gasteiger partial charge < -0.3 is 5.32 Å². The van der Waals surface area contributed by atoms with Crippen molar-refractivity contribution in [1.29, 1.82) is 0 Å². The minimum absolute atomic E-state index is 0.0597. The van der Waals surface area contributed by atoms with Crippen LogP contribution >= 0.6 is 0 Å². The molecule has 134 valence electrons. The van der Waals surface area contributed by atoms with Crippen LogP contribution in [-0.4, -0.2) is 23.8 Å². The van der Waals surface area contributed by atoms with Gasteiger partial charge in [-0.25, -0.2) is 0 Å². The minimum Gasteiger partial charge on any atom is -0.350 e. The third-order valence-corrected chi connectivity index (χ3v) is 4.65. The third-order valence-electron chi connectivity index (χ3n) is 4.65. The van der Waals surface area contributed by atoms with Crippen LogP contribution in [0.4, 0.5) is 5.69 Å². The van der Waals surface area contributed by atoms with Crippen LogP contribution in [0.3, 0.4) is 0 Å². The zero-order chi connectivity index (χ0) is 19.1. The second-order valence-electron chi connectivity index (χ2n) is 7.74. The highest BCUT2D eigenvalue weighted by atomic mass is 16.2. The highest BCUT2D eigenvalue weighted by molar-refractivity contribution is 6.36. The fourth-order valence-electron chi connectivity index (χ4n) is 2.94. The van der Waals surface area contributed by atoms with Crippen LogP contribution in [0.5, 0.6) is 0 Å². The molecule has 1 heterocycles. The first-order chi connectivity index (χ1) is 12.2.